The van der Waals surface area contributed by atoms with Crippen LogP contribution in [0.2, 0.25) is 0 Å². The molecule has 5 nitrogen and oxygen atoms in total. The minimum atomic E-state index is 0.588. The second kappa shape index (κ2) is 15.6. The first-order valence-electron chi connectivity index (χ1n) is 8.61. The molecule has 0 radical (unpaired) electrons. The highest BCUT2D eigenvalue weighted by atomic mass is 32.2. The number of thioether (sulfide) groups is 2. The van der Waals surface area contributed by atoms with Crippen molar-refractivity contribution >= 4 is 63.7 Å². The van der Waals surface area contributed by atoms with Crippen molar-refractivity contribution in [3.05, 3.63) is 54.6 Å². The quantitative estimate of drug-likeness (QED) is 0.226. The summed E-state index contributed by atoms with van der Waals surface area (Å²) >= 11 is 12.4. The van der Waals surface area contributed by atoms with Crippen LogP contribution >= 0.6 is 48.0 Å². The van der Waals surface area contributed by atoms with Gasteiger partial charge in [0.05, 0.1) is 4.99 Å². The van der Waals surface area contributed by atoms with Crippen LogP contribution in [-0.2, 0) is 0 Å². The summed E-state index contributed by atoms with van der Waals surface area (Å²) in [7, 11) is 0. The van der Waals surface area contributed by atoms with E-state index >= 15 is 0 Å². The normalized spacial score (nSPS) is 9.07. The van der Waals surface area contributed by atoms with Gasteiger partial charge < -0.3 is 16.0 Å². The third-order valence-electron chi connectivity index (χ3n) is 3.20. The predicted molar refractivity (Wildman–Crippen MR) is 131 cm³/mol. The molecule has 2 aromatic rings. The maximum absolute atomic E-state index is 8.56. The summed E-state index contributed by atoms with van der Waals surface area (Å²) < 4.78 is 0. The van der Waals surface area contributed by atoms with E-state index in [2.05, 4.69) is 16.0 Å². The van der Waals surface area contributed by atoms with Crippen LogP contribution < -0.4 is 16.0 Å². The number of nitrogens with one attached hydrogen (secondary N) is 3. The minimum absolute atomic E-state index is 0.588. The first-order valence-corrected chi connectivity index (χ1v) is 11.1. The summed E-state index contributed by atoms with van der Waals surface area (Å²) in [5.74, 6) is 0. The summed E-state index contributed by atoms with van der Waals surface area (Å²) in [6, 6.07) is 17.1. The number of nitriles is 2. The Morgan fingerprint density at radius 3 is 1.97 bits per heavy atom. The Bertz CT molecular complexity index is 842. The van der Waals surface area contributed by atoms with E-state index in [9.17, 15) is 0 Å². The van der Waals surface area contributed by atoms with Gasteiger partial charge in [0.2, 0.25) is 0 Å². The van der Waals surface area contributed by atoms with Crippen molar-refractivity contribution in [3.8, 4) is 10.8 Å². The highest BCUT2D eigenvalue weighted by molar-refractivity contribution is 8.04. The maximum Gasteiger partial charge on any atom is 0.170 e. The van der Waals surface area contributed by atoms with Crippen LogP contribution in [0, 0.1) is 21.3 Å². The van der Waals surface area contributed by atoms with Crippen LogP contribution in [0.25, 0.3) is 0 Å². The van der Waals surface area contributed by atoms with E-state index in [1.165, 1.54) is 11.8 Å². The van der Waals surface area contributed by atoms with Crippen molar-refractivity contribution < 1.29 is 0 Å². The molecule has 9 heteroatoms. The minimum Gasteiger partial charge on any atom is -0.380 e. The lowest BCUT2D eigenvalue weighted by Gasteiger charge is -2.11. The number of anilines is 1. The molecule has 29 heavy (non-hydrogen) atoms. The smallest absolute Gasteiger partial charge is 0.170 e. The number of thiocyanates is 2. The van der Waals surface area contributed by atoms with Gasteiger partial charge in [0, 0.05) is 28.6 Å². The van der Waals surface area contributed by atoms with Gasteiger partial charge in [0.1, 0.15) is 10.8 Å². The van der Waals surface area contributed by atoms with Crippen molar-refractivity contribution in [2.45, 2.75) is 23.1 Å². The van der Waals surface area contributed by atoms with E-state index < -0.39 is 0 Å². The molecule has 3 N–H and O–H groups in total. The number of nitrogens with zero attached hydrogens (tertiary/aromatic N) is 2. The summed E-state index contributed by atoms with van der Waals surface area (Å²) in [4.78, 5) is 2.72. The van der Waals surface area contributed by atoms with Gasteiger partial charge in [-0.05, 0) is 85.5 Å². The van der Waals surface area contributed by atoms with Crippen LogP contribution in [0.15, 0.2) is 64.4 Å². The highest BCUT2D eigenvalue weighted by Gasteiger charge is 1.98. The fraction of sp³-hybridized carbons (Fsp3) is 0.200. The number of hydrogen-bond acceptors (Lipinski definition) is 6. The Morgan fingerprint density at radius 2 is 1.41 bits per heavy atom. The predicted octanol–water partition coefficient (Wildman–Crippen LogP) is 5.13. The van der Waals surface area contributed by atoms with Crippen LogP contribution in [0.3, 0.4) is 0 Å². The van der Waals surface area contributed by atoms with Gasteiger partial charge in [0.15, 0.2) is 5.11 Å². The lowest BCUT2D eigenvalue weighted by Crippen LogP contribution is -2.31. The maximum atomic E-state index is 8.56. The molecule has 0 saturated carbocycles. The average Bonchev–Trinajstić information content (AvgIpc) is 2.71. The van der Waals surface area contributed by atoms with Crippen molar-refractivity contribution in [2.75, 3.05) is 18.4 Å². The average molecular weight is 460 g/mol. The standard InChI is InChI=1S/C13H16N4S3.C7H5NS/c1-10(18)15-7-2-8-16-13(19)17-11-3-5-12(6-4-11)20-9-14;8-6-9-7-4-2-1-3-5-7/h3-6H,2,7-8H2,1H3,(H,15,18)(H2,16,17,19);1-5H. The second-order valence-corrected chi connectivity index (χ2v) is 8.18. The third-order valence-corrected chi connectivity index (χ3v) is 4.78. The molecule has 0 aliphatic rings. The first-order chi connectivity index (χ1) is 14.0. The van der Waals surface area contributed by atoms with Gasteiger partial charge in [0.25, 0.3) is 0 Å². The Labute approximate surface area is 191 Å². The molecule has 0 heterocycles. The largest absolute Gasteiger partial charge is 0.380 e. The Hall–Kier alpha value is -2.30. The van der Waals surface area contributed by atoms with Crippen LogP contribution in [0.1, 0.15) is 13.3 Å². The molecular weight excluding hydrogens is 439 g/mol. The number of hydrogen-bond donors (Lipinski definition) is 3. The van der Waals surface area contributed by atoms with Crippen molar-refractivity contribution in [1.29, 1.82) is 10.5 Å². The molecule has 0 spiro atoms. The fourth-order valence-electron chi connectivity index (χ4n) is 1.93. The summed E-state index contributed by atoms with van der Waals surface area (Å²) in [6.45, 7) is 3.48. The van der Waals surface area contributed by atoms with Crippen LogP contribution in [0.4, 0.5) is 5.69 Å². The molecule has 0 fully saturated rings. The molecule has 150 valence electrons. The van der Waals surface area contributed by atoms with Gasteiger partial charge in [-0.25, -0.2) is 0 Å². The molecule has 2 rings (SSSR count). The van der Waals surface area contributed by atoms with E-state index in [0.717, 1.165) is 51.7 Å². The Kier molecular flexibility index (Phi) is 13.3. The first kappa shape index (κ1) is 24.7. The molecule has 2 aromatic carbocycles. The van der Waals surface area contributed by atoms with Crippen LogP contribution in [0.5, 0.6) is 0 Å². The van der Waals surface area contributed by atoms with Gasteiger partial charge in [-0.1, -0.05) is 30.4 Å². The molecule has 0 aliphatic heterocycles. The fourth-order valence-corrected chi connectivity index (χ4v) is 3.03. The van der Waals surface area contributed by atoms with E-state index in [1.807, 2.05) is 72.3 Å². The monoisotopic (exact) mass is 459 g/mol. The van der Waals surface area contributed by atoms with E-state index in [0.29, 0.717) is 5.11 Å². The number of rotatable bonds is 7. The Balaban J connectivity index is 0.000000387. The summed E-state index contributed by atoms with van der Waals surface area (Å²) in [5, 5.41) is 30.7. The Morgan fingerprint density at radius 1 is 0.862 bits per heavy atom. The van der Waals surface area contributed by atoms with Crippen molar-refractivity contribution in [2.24, 2.45) is 0 Å². The van der Waals surface area contributed by atoms with E-state index in [1.54, 1.807) is 0 Å². The van der Waals surface area contributed by atoms with E-state index in [-0.39, 0.29) is 0 Å². The van der Waals surface area contributed by atoms with Gasteiger partial charge in [-0.15, -0.1) is 0 Å². The SMILES string of the molecule is CC(=S)NCCCNC(=S)Nc1ccc(SC#N)cc1.N#CSc1ccccc1. The highest BCUT2D eigenvalue weighted by Crippen LogP contribution is 2.18. The number of benzene rings is 2. The molecule has 0 saturated heterocycles. The number of thiocarbonyl (C=S) groups is 2. The lowest BCUT2D eigenvalue weighted by atomic mass is 10.3. The third kappa shape index (κ3) is 12.7. The molecule has 0 aromatic heterocycles. The summed E-state index contributed by atoms with van der Waals surface area (Å²) in [5.41, 5.74) is 0.901. The van der Waals surface area contributed by atoms with Gasteiger partial charge in [-0.3, -0.25) is 0 Å². The molecule has 0 amide bonds. The molecule has 0 unspecified atom stereocenters. The van der Waals surface area contributed by atoms with E-state index in [4.69, 9.17) is 35.0 Å². The zero-order chi connectivity index (χ0) is 21.3. The molecule has 0 bridgehead atoms. The summed E-state index contributed by atoms with van der Waals surface area (Å²) in [6.07, 6.45) is 0.938. The van der Waals surface area contributed by atoms with Crippen LogP contribution in [-0.4, -0.2) is 23.2 Å². The molecular formula is C20H21N5S4. The lowest BCUT2D eigenvalue weighted by molar-refractivity contribution is 0.747. The zero-order valence-corrected chi connectivity index (χ0v) is 19.1. The zero-order valence-electron chi connectivity index (χ0n) is 15.8. The molecule has 0 aliphatic carbocycles. The second-order valence-electron chi connectivity index (χ2n) is 5.44. The van der Waals surface area contributed by atoms with Crippen molar-refractivity contribution in [1.82, 2.24) is 10.6 Å². The topological polar surface area (TPSA) is 83.7 Å². The van der Waals surface area contributed by atoms with Gasteiger partial charge >= 0.3 is 0 Å². The van der Waals surface area contributed by atoms with Crippen molar-refractivity contribution in [3.63, 3.8) is 0 Å². The molecule has 0 atom stereocenters. The van der Waals surface area contributed by atoms with Gasteiger partial charge in [-0.2, -0.15) is 10.5 Å².